The van der Waals surface area contributed by atoms with Crippen LogP contribution in [0.1, 0.15) is 54.1 Å². The molecule has 25 heavy (non-hydrogen) atoms. The van der Waals surface area contributed by atoms with Crippen LogP contribution in [0.25, 0.3) is 0 Å². The fraction of sp³-hybridized carbons (Fsp3) is 0.409. The first-order valence-electron chi connectivity index (χ1n) is 9.10. The van der Waals surface area contributed by atoms with Gasteiger partial charge in [0.2, 0.25) is 0 Å². The maximum atomic E-state index is 12.5. The lowest BCUT2D eigenvalue weighted by molar-refractivity contribution is -0.127. The second-order valence-corrected chi connectivity index (χ2v) is 7.14. The highest BCUT2D eigenvalue weighted by molar-refractivity contribution is 5.81. The van der Waals surface area contributed by atoms with Crippen molar-refractivity contribution in [2.45, 2.75) is 59.1 Å². The summed E-state index contributed by atoms with van der Waals surface area (Å²) >= 11 is 0. The molecule has 1 aliphatic rings. The molecule has 1 N–H and O–H groups in total. The number of ether oxygens (including phenoxy) is 1. The van der Waals surface area contributed by atoms with Crippen molar-refractivity contribution in [3.63, 3.8) is 0 Å². The first kappa shape index (κ1) is 17.5. The van der Waals surface area contributed by atoms with Gasteiger partial charge in [0.15, 0.2) is 6.10 Å². The summed E-state index contributed by atoms with van der Waals surface area (Å²) in [5.41, 5.74) is 6.28. The van der Waals surface area contributed by atoms with E-state index in [1.165, 1.54) is 29.5 Å². The molecule has 0 saturated heterocycles. The molecule has 0 spiro atoms. The highest BCUT2D eigenvalue weighted by Gasteiger charge is 2.19. The van der Waals surface area contributed by atoms with Gasteiger partial charge in [0, 0.05) is 0 Å². The number of carbonyl (C=O) groups excluding carboxylic acids is 1. The van der Waals surface area contributed by atoms with E-state index in [9.17, 15) is 4.79 Å². The van der Waals surface area contributed by atoms with Crippen LogP contribution < -0.4 is 10.1 Å². The lowest BCUT2D eigenvalue weighted by Gasteiger charge is -2.20. The van der Waals surface area contributed by atoms with Gasteiger partial charge in [-0.05, 0) is 75.3 Å². The number of rotatable bonds is 5. The topological polar surface area (TPSA) is 38.3 Å². The summed E-state index contributed by atoms with van der Waals surface area (Å²) in [6, 6.07) is 12.5. The molecular weight excluding hydrogens is 310 g/mol. The van der Waals surface area contributed by atoms with E-state index in [-0.39, 0.29) is 11.9 Å². The van der Waals surface area contributed by atoms with Crippen molar-refractivity contribution in [2.24, 2.45) is 0 Å². The van der Waals surface area contributed by atoms with Crippen LogP contribution in [0.3, 0.4) is 0 Å². The van der Waals surface area contributed by atoms with Crippen LogP contribution in [0.2, 0.25) is 0 Å². The molecule has 0 radical (unpaired) electrons. The minimum atomic E-state index is -0.529. The predicted octanol–water partition coefficient (Wildman–Crippen LogP) is 4.44. The molecule has 0 aliphatic heterocycles. The van der Waals surface area contributed by atoms with Crippen LogP contribution >= 0.6 is 0 Å². The van der Waals surface area contributed by atoms with Gasteiger partial charge in [-0.2, -0.15) is 0 Å². The van der Waals surface area contributed by atoms with Gasteiger partial charge in [-0.3, -0.25) is 4.79 Å². The minimum absolute atomic E-state index is 0.0245. The second-order valence-electron chi connectivity index (χ2n) is 7.14. The van der Waals surface area contributed by atoms with Gasteiger partial charge < -0.3 is 10.1 Å². The fourth-order valence-corrected chi connectivity index (χ4v) is 3.45. The third-order valence-electron chi connectivity index (χ3n) is 4.98. The molecule has 3 heteroatoms. The number of hydrogen-bond acceptors (Lipinski definition) is 2. The van der Waals surface area contributed by atoms with E-state index in [0.717, 1.165) is 23.3 Å². The molecule has 0 fully saturated rings. The Morgan fingerprint density at radius 3 is 2.56 bits per heavy atom. The normalized spacial score (nSPS) is 15.4. The van der Waals surface area contributed by atoms with Gasteiger partial charge in [-0.1, -0.05) is 35.9 Å². The molecule has 1 aliphatic carbocycles. The number of benzene rings is 2. The first-order valence-corrected chi connectivity index (χ1v) is 9.10. The van der Waals surface area contributed by atoms with E-state index in [4.69, 9.17) is 4.74 Å². The Bertz CT molecular complexity index is 782. The Hall–Kier alpha value is -2.29. The Morgan fingerprint density at radius 2 is 1.80 bits per heavy atom. The SMILES string of the molecule is Cc1ccc(O[C@@H](C)C(=O)N[C@H](C)c2ccc3c(c2)CCC3)c(C)c1. The van der Waals surface area contributed by atoms with E-state index in [2.05, 4.69) is 29.6 Å². The monoisotopic (exact) mass is 337 g/mol. The van der Waals surface area contributed by atoms with E-state index in [1.807, 2.05) is 32.9 Å². The summed E-state index contributed by atoms with van der Waals surface area (Å²) in [5, 5.41) is 3.07. The maximum absolute atomic E-state index is 12.5. The molecule has 2 aromatic carbocycles. The number of hydrogen-bond donors (Lipinski definition) is 1. The smallest absolute Gasteiger partial charge is 0.261 e. The molecule has 3 nitrogen and oxygen atoms in total. The van der Waals surface area contributed by atoms with Crippen molar-refractivity contribution in [3.05, 3.63) is 64.2 Å². The van der Waals surface area contributed by atoms with E-state index in [0.29, 0.717) is 0 Å². The van der Waals surface area contributed by atoms with Crippen molar-refractivity contribution >= 4 is 5.91 Å². The molecule has 0 unspecified atom stereocenters. The van der Waals surface area contributed by atoms with Gasteiger partial charge in [0.05, 0.1) is 6.04 Å². The van der Waals surface area contributed by atoms with Crippen LogP contribution in [-0.2, 0) is 17.6 Å². The summed E-state index contributed by atoms with van der Waals surface area (Å²) in [6.07, 6.45) is 3.03. The highest BCUT2D eigenvalue weighted by atomic mass is 16.5. The number of carbonyl (C=O) groups is 1. The summed E-state index contributed by atoms with van der Waals surface area (Å²) in [5.74, 6) is 0.673. The molecule has 2 aromatic rings. The Labute approximate surface area is 150 Å². The predicted molar refractivity (Wildman–Crippen MR) is 101 cm³/mol. The highest BCUT2D eigenvalue weighted by Crippen LogP contribution is 2.25. The zero-order valence-corrected chi connectivity index (χ0v) is 15.6. The number of nitrogens with one attached hydrogen (secondary N) is 1. The van der Waals surface area contributed by atoms with Crippen LogP contribution in [-0.4, -0.2) is 12.0 Å². The standard InChI is InChI=1S/C22H27NO2/c1-14-8-11-21(15(2)12-14)25-17(4)22(24)23-16(3)19-10-9-18-6-5-7-20(18)13-19/h8-13,16-17H,5-7H2,1-4H3,(H,23,24)/t16-,17+/m1/s1. The lowest BCUT2D eigenvalue weighted by Crippen LogP contribution is -2.37. The van der Waals surface area contributed by atoms with Crippen molar-refractivity contribution in [1.82, 2.24) is 5.32 Å². The molecule has 0 heterocycles. The molecule has 0 bridgehead atoms. The molecule has 2 atom stereocenters. The third kappa shape index (κ3) is 4.04. The molecule has 132 valence electrons. The van der Waals surface area contributed by atoms with E-state index >= 15 is 0 Å². The molecule has 1 amide bonds. The average molecular weight is 337 g/mol. The number of amides is 1. The van der Waals surface area contributed by atoms with Crippen LogP contribution in [0.15, 0.2) is 36.4 Å². The quantitative estimate of drug-likeness (QED) is 0.876. The Balaban J connectivity index is 1.62. The van der Waals surface area contributed by atoms with Crippen LogP contribution in [0.5, 0.6) is 5.75 Å². The van der Waals surface area contributed by atoms with Crippen molar-refractivity contribution in [3.8, 4) is 5.75 Å². The zero-order chi connectivity index (χ0) is 18.0. The minimum Gasteiger partial charge on any atom is -0.481 e. The van der Waals surface area contributed by atoms with E-state index in [1.54, 1.807) is 6.92 Å². The van der Waals surface area contributed by atoms with Gasteiger partial charge in [0.1, 0.15) is 5.75 Å². The summed E-state index contributed by atoms with van der Waals surface area (Å²) in [6.45, 7) is 7.87. The molecule has 0 saturated carbocycles. The fourth-order valence-electron chi connectivity index (χ4n) is 3.45. The van der Waals surface area contributed by atoms with Crippen molar-refractivity contribution in [2.75, 3.05) is 0 Å². The summed E-state index contributed by atoms with van der Waals surface area (Å²) in [7, 11) is 0. The van der Waals surface area contributed by atoms with Gasteiger partial charge in [0.25, 0.3) is 5.91 Å². The van der Waals surface area contributed by atoms with Gasteiger partial charge in [-0.15, -0.1) is 0 Å². The first-order chi connectivity index (χ1) is 11.9. The van der Waals surface area contributed by atoms with Crippen LogP contribution in [0.4, 0.5) is 0 Å². The lowest BCUT2D eigenvalue weighted by atomic mass is 10.0. The Morgan fingerprint density at radius 1 is 1.04 bits per heavy atom. The van der Waals surface area contributed by atoms with E-state index < -0.39 is 6.10 Å². The summed E-state index contributed by atoms with van der Waals surface area (Å²) in [4.78, 5) is 12.5. The third-order valence-corrected chi connectivity index (χ3v) is 4.98. The van der Waals surface area contributed by atoms with Gasteiger partial charge >= 0.3 is 0 Å². The second kappa shape index (κ2) is 7.30. The van der Waals surface area contributed by atoms with Crippen molar-refractivity contribution in [1.29, 1.82) is 0 Å². The molecule has 0 aromatic heterocycles. The average Bonchev–Trinajstić information content (AvgIpc) is 3.04. The Kier molecular flexibility index (Phi) is 5.12. The number of fused-ring (bicyclic) bond motifs is 1. The van der Waals surface area contributed by atoms with Gasteiger partial charge in [-0.25, -0.2) is 0 Å². The number of aryl methyl sites for hydroxylation is 4. The molecule has 3 rings (SSSR count). The van der Waals surface area contributed by atoms with Crippen molar-refractivity contribution < 1.29 is 9.53 Å². The zero-order valence-electron chi connectivity index (χ0n) is 15.6. The largest absolute Gasteiger partial charge is 0.481 e. The summed E-state index contributed by atoms with van der Waals surface area (Å²) < 4.78 is 5.86. The maximum Gasteiger partial charge on any atom is 0.261 e. The van der Waals surface area contributed by atoms with Crippen LogP contribution in [0, 0.1) is 13.8 Å². The molecular formula is C22H27NO2.